The molecule has 0 aliphatic heterocycles. The second kappa shape index (κ2) is 7.17. The molecule has 1 heterocycles. The van der Waals surface area contributed by atoms with Crippen LogP contribution in [0.25, 0.3) is 0 Å². The van der Waals surface area contributed by atoms with Crippen molar-refractivity contribution in [2.24, 2.45) is 0 Å². The van der Waals surface area contributed by atoms with Crippen molar-refractivity contribution in [1.82, 2.24) is 9.78 Å². The van der Waals surface area contributed by atoms with Crippen molar-refractivity contribution in [3.63, 3.8) is 0 Å². The number of rotatable bonds is 6. The van der Waals surface area contributed by atoms with E-state index in [0.717, 1.165) is 22.6 Å². The number of anilines is 1. The zero-order chi connectivity index (χ0) is 17.0. The average Bonchev–Trinajstić information content (AvgIpc) is 2.82. The molecule has 0 aliphatic rings. The van der Waals surface area contributed by atoms with Crippen molar-refractivity contribution < 1.29 is 14.3 Å². The number of methoxy groups -OCH3 is 2. The topological polar surface area (TPSA) is 65.4 Å². The van der Waals surface area contributed by atoms with Crippen molar-refractivity contribution in [2.75, 3.05) is 19.5 Å². The molecule has 1 amide bonds. The first-order valence-corrected chi connectivity index (χ1v) is 7.54. The molecule has 0 aliphatic carbocycles. The number of carbonyl (C=O) groups is 1. The highest BCUT2D eigenvalue weighted by Crippen LogP contribution is 2.28. The van der Waals surface area contributed by atoms with E-state index in [-0.39, 0.29) is 5.91 Å². The van der Waals surface area contributed by atoms with Crippen molar-refractivity contribution in [3.05, 3.63) is 35.2 Å². The van der Waals surface area contributed by atoms with Gasteiger partial charge in [0.2, 0.25) is 5.91 Å². The lowest BCUT2D eigenvalue weighted by Crippen LogP contribution is -2.11. The maximum Gasteiger partial charge on any atom is 0.224 e. The molecule has 0 fully saturated rings. The molecule has 1 aromatic heterocycles. The number of benzene rings is 1. The third-order valence-electron chi connectivity index (χ3n) is 3.75. The Hall–Kier alpha value is -2.50. The van der Waals surface area contributed by atoms with Gasteiger partial charge in [0.25, 0.3) is 0 Å². The van der Waals surface area contributed by atoms with E-state index < -0.39 is 0 Å². The average molecular weight is 317 g/mol. The van der Waals surface area contributed by atoms with E-state index in [4.69, 9.17) is 9.47 Å². The summed E-state index contributed by atoms with van der Waals surface area (Å²) in [6, 6.07) is 5.78. The molecule has 0 radical (unpaired) electrons. The maximum atomic E-state index is 11.6. The van der Waals surface area contributed by atoms with Gasteiger partial charge in [0.1, 0.15) is 0 Å². The summed E-state index contributed by atoms with van der Waals surface area (Å²) in [6.45, 7) is 6.26. The summed E-state index contributed by atoms with van der Waals surface area (Å²) in [5.74, 6) is 1.37. The van der Waals surface area contributed by atoms with Gasteiger partial charge < -0.3 is 14.8 Å². The SMILES string of the molecule is CCC(=O)Nc1c(C)nn(Cc2ccc(OC)c(OC)c2)c1C. The molecule has 1 N–H and O–H groups in total. The Morgan fingerprint density at radius 2 is 1.91 bits per heavy atom. The number of nitrogens with one attached hydrogen (secondary N) is 1. The zero-order valence-corrected chi connectivity index (χ0v) is 14.3. The maximum absolute atomic E-state index is 11.6. The number of aromatic nitrogens is 2. The lowest BCUT2D eigenvalue weighted by molar-refractivity contribution is -0.115. The first-order chi connectivity index (χ1) is 11.0. The molecule has 2 aromatic rings. The first kappa shape index (κ1) is 16.9. The highest BCUT2D eigenvalue weighted by Gasteiger charge is 2.14. The highest BCUT2D eigenvalue weighted by atomic mass is 16.5. The Balaban J connectivity index is 2.27. The molecule has 0 spiro atoms. The van der Waals surface area contributed by atoms with Crippen molar-refractivity contribution >= 4 is 11.6 Å². The lowest BCUT2D eigenvalue weighted by atomic mass is 10.2. The van der Waals surface area contributed by atoms with Gasteiger partial charge in [-0.3, -0.25) is 9.48 Å². The van der Waals surface area contributed by atoms with Gasteiger partial charge in [-0.1, -0.05) is 13.0 Å². The van der Waals surface area contributed by atoms with Gasteiger partial charge in [-0.05, 0) is 31.5 Å². The van der Waals surface area contributed by atoms with Gasteiger partial charge in [-0.15, -0.1) is 0 Å². The number of carbonyl (C=O) groups excluding carboxylic acids is 1. The molecule has 0 bridgehead atoms. The fourth-order valence-electron chi connectivity index (χ4n) is 2.41. The van der Waals surface area contributed by atoms with Crippen LogP contribution in [0.3, 0.4) is 0 Å². The zero-order valence-electron chi connectivity index (χ0n) is 14.3. The van der Waals surface area contributed by atoms with Crippen molar-refractivity contribution in [1.29, 1.82) is 0 Å². The quantitative estimate of drug-likeness (QED) is 0.889. The Bertz CT molecular complexity index is 707. The first-order valence-electron chi connectivity index (χ1n) is 7.54. The molecule has 1 aromatic carbocycles. The predicted molar refractivity (Wildman–Crippen MR) is 89.3 cm³/mol. The van der Waals surface area contributed by atoms with Crippen LogP contribution in [0, 0.1) is 13.8 Å². The Morgan fingerprint density at radius 1 is 1.22 bits per heavy atom. The van der Waals surface area contributed by atoms with Gasteiger partial charge in [0, 0.05) is 6.42 Å². The van der Waals surface area contributed by atoms with Crippen LogP contribution in [0.1, 0.15) is 30.3 Å². The molecule has 23 heavy (non-hydrogen) atoms. The largest absolute Gasteiger partial charge is 0.493 e. The summed E-state index contributed by atoms with van der Waals surface area (Å²) >= 11 is 0. The van der Waals surface area contributed by atoms with E-state index in [1.165, 1.54) is 0 Å². The van der Waals surface area contributed by atoms with E-state index in [1.807, 2.05) is 43.7 Å². The Labute approximate surface area is 136 Å². The molecule has 0 atom stereocenters. The smallest absolute Gasteiger partial charge is 0.224 e. The number of aryl methyl sites for hydroxylation is 1. The van der Waals surface area contributed by atoms with Crippen LogP contribution in [0.4, 0.5) is 5.69 Å². The second-order valence-corrected chi connectivity index (χ2v) is 5.29. The van der Waals surface area contributed by atoms with Gasteiger partial charge in [0.05, 0.1) is 37.8 Å². The monoisotopic (exact) mass is 317 g/mol. The predicted octanol–water partition coefficient (Wildman–Crippen LogP) is 2.91. The number of hydrogen-bond acceptors (Lipinski definition) is 4. The van der Waals surface area contributed by atoms with Crippen molar-refractivity contribution in [2.45, 2.75) is 33.7 Å². The summed E-state index contributed by atoms with van der Waals surface area (Å²) in [7, 11) is 3.23. The fourth-order valence-corrected chi connectivity index (χ4v) is 2.41. The lowest BCUT2D eigenvalue weighted by Gasteiger charge is -2.11. The highest BCUT2D eigenvalue weighted by molar-refractivity contribution is 5.91. The van der Waals surface area contributed by atoms with Crippen LogP contribution in [0.5, 0.6) is 11.5 Å². The number of ether oxygens (including phenoxy) is 2. The summed E-state index contributed by atoms with van der Waals surface area (Å²) in [6.07, 6.45) is 0.444. The van der Waals surface area contributed by atoms with E-state index in [9.17, 15) is 4.79 Å². The molecular formula is C17H23N3O3. The molecular weight excluding hydrogens is 294 g/mol. The molecule has 124 valence electrons. The van der Waals surface area contributed by atoms with E-state index in [2.05, 4.69) is 10.4 Å². The Morgan fingerprint density at radius 3 is 2.52 bits per heavy atom. The molecule has 6 nitrogen and oxygen atoms in total. The van der Waals surface area contributed by atoms with Crippen LogP contribution in [0.15, 0.2) is 18.2 Å². The third kappa shape index (κ3) is 3.64. The molecule has 0 saturated carbocycles. The minimum absolute atomic E-state index is 0.0122. The van der Waals surface area contributed by atoms with Crippen LogP contribution >= 0.6 is 0 Å². The third-order valence-corrected chi connectivity index (χ3v) is 3.75. The van der Waals surface area contributed by atoms with E-state index in [0.29, 0.717) is 24.5 Å². The molecule has 6 heteroatoms. The van der Waals surface area contributed by atoms with Crippen LogP contribution < -0.4 is 14.8 Å². The molecule has 2 rings (SSSR count). The molecule has 0 unspecified atom stereocenters. The van der Waals surface area contributed by atoms with Crippen LogP contribution in [-0.4, -0.2) is 29.9 Å². The minimum Gasteiger partial charge on any atom is -0.493 e. The number of amides is 1. The second-order valence-electron chi connectivity index (χ2n) is 5.29. The molecule has 0 saturated heterocycles. The summed E-state index contributed by atoms with van der Waals surface area (Å²) in [5, 5.41) is 7.43. The number of hydrogen-bond donors (Lipinski definition) is 1. The van der Waals surface area contributed by atoms with Gasteiger partial charge in [-0.2, -0.15) is 5.10 Å². The van der Waals surface area contributed by atoms with Gasteiger partial charge in [0.15, 0.2) is 11.5 Å². The van der Waals surface area contributed by atoms with E-state index in [1.54, 1.807) is 14.2 Å². The number of nitrogens with zero attached hydrogens (tertiary/aromatic N) is 2. The summed E-state index contributed by atoms with van der Waals surface area (Å²) in [5.41, 5.74) is 3.57. The summed E-state index contributed by atoms with van der Waals surface area (Å²) in [4.78, 5) is 11.6. The van der Waals surface area contributed by atoms with Gasteiger partial charge >= 0.3 is 0 Å². The van der Waals surface area contributed by atoms with Crippen LogP contribution in [0.2, 0.25) is 0 Å². The minimum atomic E-state index is -0.0122. The Kier molecular flexibility index (Phi) is 5.26. The standard InChI is InChI=1S/C17H23N3O3/c1-6-16(21)18-17-11(2)19-20(12(17)3)10-13-7-8-14(22-4)15(9-13)23-5/h7-9H,6,10H2,1-5H3,(H,18,21). The summed E-state index contributed by atoms with van der Waals surface area (Å²) < 4.78 is 12.5. The van der Waals surface area contributed by atoms with Gasteiger partial charge in [-0.25, -0.2) is 0 Å². The van der Waals surface area contributed by atoms with E-state index >= 15 is 0 Å². The van der Waals surface area contributed by atoms with Crippen LogP contribution in [-0.2, 0) is 11.3 Å². The normalized spacial score (nSPS) is 10.5. The fraction of sp³-hybridized carbons (Fsp3) is 0.412. The van der Waals surface area contributed by atoms with Crippen molar-refractivity contribution in [3.8, 4) is 11.5 Å².